The average molecular weight is 253 g/mol. The highest BCUT2D eigenvalue weighted by atomic mass is 16.2. The zero-order chi connectivity index (χ0) is 13.5. The van der Waals surface area contributed by atoms with Crippen LogP contribution >= 0.6 is 0 Å². The van der Waals surface area contributed by atoms with Gasteiger partial charge in [0.1, 0.15) is 5.54 Å². The van der Waals surface area contributed by atoms with E-state index in [-0.39, 0.29) is 24.0 Å². The summed E-state index contributed by atoms with van der Waals surface area (Å²) in [7, 11) is 0. The Balaban J connectivity index is 2.27. The lowest BCUT2D eigenvalue weighted by atomic mass is 10.0. The van der Waals surface area contributed by atoms with E-state index in [1.807, 2.05) is 27.7 Å². The van der Waals surface area contributed by atoms with Crippen LogP contribution in [0.25, 0.3) is 0 Å². The number of imide groups is 1. The first-order valence-corrected chi connectivity index (χ1v) is 6.75. The van der Waals surface area contributed by atoms with Gasteiger partial charge in [0, 0.05) is 12.6 Å². The molecule has 2 rings (SSSR count). The maximum atomic E-state index is 12.5. The van der Waals surface area contributed by atoms with Crippen molar-refractivity contribution in [3.8, 4) is 0 Å². The fourth-order valence-electron chi connectivity index (χ4n) is 3.08. The number of carbonyl (C=O) groups is 2. The Kier molecular flexibility index (Phi) is 3.36. The van der Waals surface area contributed by atoms with Crippen molar-refractivity contribution in [3.63, 3.8) is 0 Å². The van der Waals surface area contributed by atoms with Gasteiger partial charge in [0.25, 0.3) is 5.91 Å². The van der Waals surface area contributed by atoms with Crippen molar-refractivity contribution in [1.29, 1.82) is 0 Å². The van der Waals surface area contributed by atoms with Crippen LogP contribution in [0.4, 0.5) is 4.79 Å². The third kappa shape index (κ3) is 1.90. The topological polar surface area (TPSA) is 52.7 Å². The van der Waals surface area contributed by atoms with E-state index in [9.17, 15) is 9.59 Å². The lowest BCUT2D eigenvalue weighted by molar-refractivity contribution is -0.133. The molecule has 0 radical (unpaired) electrons. The minimum atomic E-state index is -0.720. The van der Waals surface area contributed by atoms with Crippen molar-refractivity contribution in [3.05, 3.63) is 0 Å². The van der Waals surface area contributed by atoms with Gasteiger partial charge in [0.05, 0.1) is 6.04 Å². The van der Waals surface area contributed by atoms with Gasteiger partial charge in [-0.2, -0.15) is 0 Å². The summed E-state index contributed by atoms with van der Waals surface area (Å²) in [5, 5.41) is 3.26. The lowest BCUT2D eigenvalue weighted by Crippen LogP contribution is -2.49. The van der Waals surface area contributed by atoms with Crippen LogP contribution in [-0.4, -0.2) is 52.5 Å². The quantitative estimate of drug-likeness (QED) is 0.752. The number of hydrogen-bond acceptors (Lipinski definition) is 3. The van der Waals surface area contributed by atoms with Crippen molar-refractivity contribution < 1.29 is 9.59 Å². The summed E-state index contributed by atoms with van der Waals surface area (Å²) in [5.41, 5.74) is -0.720. The van der Waals surface area contributed by atoms with Crippen LogP contribution in [0, 0.1) is 0 Å². The number of amides is 3. The van der Waals surface area contributed by atoms with Gasteiger partial charge in [-0.1, -0.05) is 0 Å². The third-order valence-electron chi connectivity index (χ3n) is 3.91. The Bertz CT molecular complexity index is 359. The smallest absolute Gasteiger partial charge is 0.315 e. The Labute approximate surface area is 108 Å². The molecule has 0 aromatic rings. The minimum absolute atomic E-state index is 0.0155. The second-order valence-electron chi connectivity index (χ2n) is 5.98. The summed E-state index contributed by atoms with van der Waals surface area (Å²) in [6.45, 7) is 9.28. The highest BCUT2D eigenvalue weighted by Crippen LogP contribution is 2.32. The molecule has 0 spiro atoms. The first kappa shape index (κ1) is 13.3. The fraction of sp³-hybridized carbons (Fsp3) is 0.846. The van der Waals surface area contributed by atoms with Gasteiger partial charge in [-0.05, 0) is 47.1 Å². The number of rotatable bonds is 2. The van der Waals surface area contributed by atoms with Gasteiger partial charge in [-0.25, -0.2) is 4.79 Å². The molecule has 2 aliphatic rings. The molecule has 3 amide bonds. The molecule has 1 N–H and O–H groups in total. The Morgan fingerprint density at radius 3 is 2.44 bits per heavy atom. The number of hydrogen-bond donors (Lipinski definition) is 1. The molecular formula is C13H23N3O2. The Morgan fingerprint density at radius 2 is 2.00 bits per heavy atom. The largest absolute Gasteiger partial charge is 0.328 e. The van der Waals surface area contributed by atoms with Gasteiger partial charge in [-0.15, -0.1) is 0 Å². The van der Waals surface area contributed by atoms with E-state index in [4.69, 9.17) is 0 Å². The normalized spacial score (nSPS) is 28.4. The van der Waals surface area contributed by atoms with Gasteiger partial charge in [0.15, 0.2) is 0 Å². The molecular weight excluding hydrogens is 230 g/mol. The van der Waals surface area contributed by atoms with Crippen LogP contribution in [0.3, 0.4) is 0 Å². The molecule has 18 heavy (non-hydrogen) atoms. The van der Waals surface area contributed by atoms with E-state index in [1.165, 1.54) is 4.90 Å². The van der Waals surface area contributed by atoms with Gasteiger partial charge in [-0.3, -0.25) is 9.69 Å². The molecule has 102 valence electrons. The molecule has 2 fully saturated rings. The second-order valence-corrected chi connectivity index (χ2v) is 5.98. The molecule has 0 aromatic heterocycles. The van der Waals surface area contributed by atoms with Crippen molar-refractivity contribution in [2.24, 2.45) is 0 Å². The maximum Gasteiger partial charge on any atom is 0.328 e. The maximum absolute atomic E-state index is 12.5. The summed E-state index contributed by atoms with van der Waals surface area (Å²) in [6, 6.07) is -0.0755. The molecule has 5 heteroatoms. The summed E-state index contributed by atoms with van der Waals surface area (Å²) in [6.07, 6.45) is 1.93. The average Bonchev–Trinajstić information content (AvgIpc) is 2.46. The number of nitrogens with zero attached hydrogens (tertiary/aromatic N) is 2. The van der Waals surface area contributed by atoms with E-state index in [1.54, 1.807) is 4.90 Å². The monoisotopic (exact) mass is 253 g/mol. The number of nitrogens with one attached hydrogen (secondary N) is 1. The summed E-state index contributed by atoms with van der Waals surface area (Å²) < 4.78 is 0. The third-order valence-corrected chi connectivity index (χ3v) is 3.91. The van der Waals surface area contributed by atoms with Crippen molar-refractivity contribution in [2.75, 3.05) is 13.1 Å². The van der Waals surface area contributed by atoms with E-state index in [0.717, 1.165) is 25.9 Å². The first-order valence-electron chi connectivity index (χ1n) is 6.75. The van der Waals surface area contributed by atoms with Crippen LogP contribution in [0.1, 0.15) is 40.5 Å². The molecule has 2 heterocycles. The molecule has 2 aliphatic heterocycles. The second kappa shape index (κ2) is 4.53. The number of carbonyl (C=O) groups excluding carboxylic acids is 2. The summed E-state index contributed by atoms with van der Waals surface area (Å²) >= 11 is 0. The van der Waals surface area contributed by atoms with Gasteiger partial charge >= 0.3 is 6.03 Å². The highest BCUT2D eigenvalue weighted by Gasteiger charge is 2.54. The molecule has 5 nitrogen and oxygen atoms in total. The van der Waals surface area contributed by atoms with Crippen molar-refractivity contribution >= 4 is 11.9 Å². The fourth-order valence-corrected chi connectivity index (χ4v) is 3.08. The van der Waals surface area contributed by atoms with Crippen LogP contribution < -0.4 is 5.32 Å². The summed E-state index contributed by atoms with van der Waals surface area (Å²) in [5.74, 6) is -0.0603. The van der Waals surface area contributed by atoms with Crippen molar-refractivity contribution in [1.82, 2.24) is 15.1 Å². The van der Waals surface area contributed by atoms with Crippen LogP contribution in [0.2, 0.25) is 0 Å². The zero-order valence-corrected chi connectivity index (χ0v) is 11.7. The van der Waals surface area contributed by atoms with E-state index < -0.39 is 5.54 Å². The molecule has 2 saturated heterocycles. The lowest BCUT2D eigenvalue weighted by Gasteiger charge is -2.31. The predicted octanol–water partition coefficient (Wildman–Crippen LogP) is 1.19. The van der Waals surface area contributed by atoms with Gasteiger partial charge in [0.2, 0.25) is 0 Å². The molecule has 0 aliphatic carbocycles. The van der Waals surface area contributed by atoms with E-state index >= 15 is 0 Å². The number of piperidine rings is 1. The van der Waals surface area contributed by atoms with E-state index in [0.29, 0.717) is 0 Å². The molecule has 0 aromatic carbocycles. The number of urea groups is 1. The van der Waals surface area contributed by atoms with Gasteiger partial charge < -0.3 is 10.2 Å². The van der Waals surface area contributed by atoms with Crippen molar-refractivity contribution in [2.45, 2.75) is 58.2 Å². The SMILES string of the molecule is CC(C)N1C(=O)N([C@H]2CCCNC2)C(=O)C1(C)C. The van der Waals surface area contributed by atoms with Crippen LogP contribution in [0.15, 0.2) is 0 Å². The highest BCUT2D eigenvalue weighted by molar-refractivity contribution is 6.07. The Morgan fingerprint density at radius 1 is 1.33 bits per heavy atom. The predicted molar refractivity (Wildman–Crippen MR) is 69.2 cm³/mol. The van der Waals surface area contributed by atoms with Crippen LogP contribution in [0.5, 0.6) is 0 Å². The zero-order valence-electron chi connectivity index (χ0n) is 11.7. The first-order chi connectivity index (χ1) is 8.37. The molecule has 0 unspecified atom stereocenters. The molecule has 0 saturated carbocycles. The summed E-state index contributed by atoms with van der Waals surface area (Å²) in [4.78, 5) is 28.1. The molecule has 1 atom stereocenters. The molecule has 0 bridgehead atoms. The Hall–Kier alpha value is -1.10. The van der Waals surface area contributed by atoms with Crippen LogP contribution in [-0.2, 0) is 4.79 Å². The standard InChI is InChI=1S/C13H23N3O2/c1-9(2)16-12(18)15(11(17)13(16,3)4)10-6-5-7-14-8-10/h9-10,14H,5-8H2,1-4H3/t10-/m0/s1. The van der Waals surface area contributed by atoms with E-state index in [2.05, 4.69) is 5.32 Å². The minimum Gasteiger partial charge on any atom is -0.315 e.